The molecule has 3 aromatic carbocycles. The predicted octanol–water partition coefficient (Wildman–Crippen LogP) is 7.58. The summed E-state index contributed by atoms with van der Waals surface area (Å²) in [4.78, 5) is 15.7. The van der Waals surface area contributed by atoms with Crippen LogP contribution in [-0.2, 0) is 0 Å². The number of halogens is 3. The van der Waals surface area contributed by atoms with Crippen molar-refractivity contribution in [3.63, 3.8) is 0 Å². The van der Waals surface area contributed by atoms with Crippen LogP contribution in [0.15, 0.2) is 71.2 Å². The van der Waals surface area contributed by atoms with Crippen molar-refractivity contribution in [3.05, 3.63) is 97.5 Å². The standard InChI is InChI=1S/C28H29BrClN3O3.ClH/c29-25-8-2-1-7-22(25)11-12-23-21-24(33(34)35)13-14-28(23)36-20-6-5-15-31-16-18-32(19-17-31)27-10-4-3-9-26(27)30;/h1-4,7-14,21H,5-6,15-20H2;1H/b12-11+;. The lowest BCUT2D eigenvalue weighted by Gasteiger charge is -2.36. The number of rotatable bonds is 10. The maximum absolute atomic E-state index is 11.3. The van der Waals surface area contributed by atoms with Crippen LogP contribution in [0.3, 0.4) is 0 Å². The number of unbranched alkanes of at least 4 members (excludes halogenated alkanes) is 1. The maximum atomic E-state index is 11.3. The minimum atomic E-state index is -0.384. The second-order valence-electron chi connectivity index (χ2n) is 8.67. The highest BCUT2D eigenvalue weighted by atomic mass is 79.9. The maximum Gasteiger partial charge on any atom is 0.270 e. The zero-order valence-electron chi connectivity index (χ0n) is 20.4. The predicted molar refractivity (Wildman–Crippen MR) is 158 cm³/mol. The Bertz CT molecular complexity index is 1220. The first-order valence-corrected chi connectivity index (χ1v) is 13.2. The number of nitrogens with zero attached hydrogens (tertiary/aromatic N) is 3. The van der Waals surface area contributed by atoms with Gasteiger partial charge in [0.2, 0.25) is 0 Å². The summed E-state index contributed by atoms with van der Waals surface area (Å²) in [5, 5.41) is 12.1. The van der Waals surface area contributed by atoms with E-state index in [0.29, 0.717) is 17.9 Å². The average Bonchev–Trinajstić information content (AvgIpc) is 2.89. The van der Waals surface area contributed by atoms with Crippen molar-refractivity contribution in [2.75, 3.05) is 44.2 Å². The second-order valence-corrected chi connectivity index (χ2v) is 9.93. The number of hydrogen-bond donors (Lipinski definition) is 0. The molecule has 37 heavy (non-hydrogen) atoms. The third-order valence-corrected chi connectivity index (χ3v) is 7.29. The number of non-ortho nitro benzene ring substituents is 1. The Labute approximate surface area is 237 Å². The quantitative estimate of drug-likeness (QED) is 0.103. The molecule has 1 aliphatic rings. The third kappa shape index (κ3) is 8.20. The lowest BCUT2D eigenvalue weighted by molar-refractivity contribution is -0.384. The molecule has 1 heterocycles. The second kappa shape index (κ2) is 14.4. The fourth-order valence-electron chi connectivity index (χ4n) is 4.24. The van der Waals surface area contributed by atoms with E-state index in [1.54, 1.807) is 12.1 Å². The highest BCUT2D eigenvalue weighted by molar-refractivity contribution is 9.10. The summed E-state index contributed by atoms with van der Waals surface area (Å²) in [6, 6.07) is 20.6. The van der Waals surface area contributed by atoms with E-state index in [4.69, 9.17) is 16.3 Å². The molecule has 0 unspecified atom stereocenters. The summed E-state index contributed by atoms with van der Waals surface area (Å²) in [5.74, 6) is 0.650. The van der Waals surface area contributed by atoms with Crippen LogP contribution < -0.4 is 9.64 Å². The number of piperazine rings is 1. The van der Waals surface area contributed by atoms with Crippen molar-refractivity contribution >= 4 is 63.5 Å². The fraction of sp³-hybridized carbons (Fsp3) is 0.286. The monoisotopic (exact) mass is 605 g/mol. The van der Waals surface area contributed by atoms with Crippen LogP contribution in [0.2, 0.25) is 5.02 Å². The van der Waals surface area contributed by atoms with Gasteiger partial charge in [0.15, 0.2) is 0 Å². The molecule has 3 aromatic rings. The molecular formula is C28H30BrCl2N3O3. The first kappa shape index (κ1) is 29.0. The van der Waals surface area contributed by atoms with Gasteiger partial charge in [0.05, 0.1) is 22.2 Å². The van der Waals surface area contributed by atoms with Gasteiger partial charge in [-0.3, -0.25) is 15.0 Å². The molecular weight excluding hydrogens is 577 g/mol. The molecule has 0 bridgehead atoms. The zero-order chi connectivity index (χ0) is 25.3. The molecule has 0 saturated carbocycles. The van der Waals surface area contributed by atoms with E-state index in [0.717, 1.165) is 66.3 Å². The van der Waals surface area contributed by atoms with Gasteiger partial charge in [0.25, 0.3) is 5.69 Å². The molecule has 1 saturated heterocycles. The summed E-state index contributed by atoms with van der Waals surface area (Å²) < 4.78 is 7.00. The Morgan fingerprint density at radius 1 is 0.946 bits per heavy atom. The van der Waals surface area contributed by atoms with Crippen LogP contribution in [0.4, 0.5) is 11.4 Å². The molecule has 6 nitrogen and oxygen atoms in total. The van der Waals surface area contributed by atoms with E-state index >= 15 is 0 Å². The van der Waals surface area contributed by atoms with E-state index in [1.165, 1.54) is 6.07 Å². The molecule has 1 fully saturated rings. The molecule has 0 spiro atoms. The molecule has 4 rings (SSSR count). The molecule has 9 heteroatoms. The molecule has 0 amide bonds. The van der Waals surface area contributed by atoms with Crippen LogP contribution in [0.5, 0.6) is 5.75 Å². The summed E-state index contributed by atoms with van der Waals surface area (Å²) in [5.41, 5.74) is 2.84. The van der Waals surface area contributed by atoms with Crippen LogP contribution >= 0.6 is 39.9 Å². The van der Waals surface area contributed by atoms with Gasteiger partial charge >= 0.3 is 0 Å². The van der Waals surface area contributed by atoms with Gasteiger partial charge in [-0.05, 0) is 49.2 Å². The highest BCUT2D eigenvalue weighted by Crippen LogP contribution is 2.28. The number of benzene rings is 3. The van der Waals surface area contributed by atoms with Crippen molar-refractivity contribution in [2.24, 2.45) is 0 Å². The largest absolute Gasteiger partial charge is 0.493 e. The van der Waals surface area contributed by atoms with E-state index in [1.807, 2.05) is 54.6 Å². The normalized spacial score (nSPS) is 13.9. The number of hydrogen-bond acceptors (Lipinski definition) is 5. The van der Waals surface area contributed by atoms with Crippen molar-refractivity contribution in [1.29, 1.82) is 0 Å². The molecule has 1 aliphatic heterocycles. The van der Waals surface area contributed by atoms with Crippen LogP contribution in [-0.4, -0.2) is 49.2 Å². The fourth-order valence-corrected chi connectivity index (χ4v) is 4.91. The van der Waals surface area contributed by atoms with Crippen molar-refractivity contribution in [3.8, 4) is 5.75 Å². The van der Waals surface area contributed by atoms with Gasteiger partial charge in [-0.2, -0.15) is 0 Å². The number of para-hydroxylation sites is 1. The Hall–Kier alpha value is -2.58. The minimum Gasteiger partial charge on any atom is -0.493 e. The Balaban J connectivity index is 0.00000380. The van der Waals surface area contributed by atoms with Crippen LogP contribution in [0, 0.1) is 10.1 Å². The van der Waals surface area contributed by atoms with Gasteiger partial charge in [-0.25, -0.2) is 0 Å². The highest BCUT2D eigenvalue weighted by Gasteiger charge is 2.18. The summed E-state index contributed by atoms with van der Waals surface area (Å²) in [6.45, 7) is 5.55. The number of ether oxygens (including phenoxy) is 1. The summed E-state index contributed by atoms with van der Waals surface area (Å²) in [7, 11) is 0. The molecule has 0 atom stereocenters. The summed E-state index contributed by atoms with van der Waals surface area (Å²) >= 11 is 9.88. The van der Waals surface area contributed by atoms with E-state index < -0.39 is 0 Å². The van der Waals surface area contributed by atoms with Gasteiger partial charge in [-0.1, -0.05) is 70.0 Å². The number of anilines is 1. The minimum absolute atomic E-state index is 0. The smallest absolute Gasteiger partial charge is 0.270 e. The first-order valence-electron chi connectivity index (χ1n) is 12.1. The number of nitro groups is 1. The molecule has 0 aromatic heterocycles. The molecule has 196 valence electrons. The molecule has 0 radical (unpaired) electrons. The van der Waals surface area contributed by atoms with E-state index in [2.05, 4.69) is 31.8 Å². The lowest BCUT2D eigenvalue weighted by atomic mass is 10.1. The van der Waals surface area contributed by atoms with Crippen LogP contribution in [0.1, 0.15) is 24.0 Å². The van der Waals surface area contributed by atoms with E-state index in [-0.39, 0.29) is 23.0 Å². The van der Waals surface area contributed by atoms with Gasteiger partial charge in [0, 0.05) is 48.3 Å². The Morgan fingerprint density at radius 3 is 2.38 bits per heavy atom. The van der Waals surface area contributed by atoms with Gasteiger partial charge < -0.3 is 9.64 Å². The van der Waals surface area contributed by atoms with Gasteiger partial charge in [0.1, 0.15) is 5.75 Å². The summed E-state index contributed by atoms with van der Waals surface area (Å²) in [6.07, 6.45) is 5.73. The number of nitro benzene ring substituents is 1. The SMILES string of the molecule is Cl.O=[N+]([O-])c1ccc(OCCCCN2CCN(c3ccccc3Cl)CC2)c(/C=C/c2ccccc2Br)c1. The average molecular weight is 607 g/mol. The first-order chi connectivity index (χ1) is 17.5. The van der Waals surface area contributed by atoms with E-state index in [9.17, 15) is 10.1 Å². The third-order valence-electron chi connectivity index (χ3n) is 6.24. The Kier molecular flexibility index (Phi) is 11.3. The van der Waals surface area contributed by atoms with Crippen LogP contribution in [0.25, 0.3) is 12.2 Å². The molecule has 0 N–H and O–H groups in total. The van der Waals surface area contributed by atoms with Crippen molar-refractivity contribution < 1.29 is 9.66 Å². The van der Waals surface area contributed by atoms with Crippen molar-refractivity contribution in [1.82, 2.24) is 4.90 Å². The van der Waals surface area contributed by atoms with Crippen molar-refractivity contribution in [2.45, 2.75) is 12.8 Å². The molecule has 0 aliphatic carbocycles. The van der Waals surface area contributed by atoms with Gasteiger partial charge in [-0.15, -0.1) is 12.4 Å². The topological polar surface area (TPSA) is 58.9 Å². The lowest BCUT2D eigenvalue weighted by Crippen LogP contribution is -2.46. The zero-order valence-corrected chi connectivity index (χ0v) is 23.6. The Morgan fingerprint density at radius 2 is 1.65 bits per heavy atom.